The number of rotatable bonds is 5. The van der Waals surface area contributed by atoms with E-state index in [0.717, 1.165) is 26.3 Å². The molecule has 0 aliphatic carbocycles. The number of fused-ring (bicyclic) bond motifs is 1. The fourth-order valence-corrected chi connectivity index (χ4v) is 3.15. The number of benzene rings is 1. The number of halogens is 1. The summed E-state index contributed by atoms with van der Waals surface area (Å²) in [6, 6.07) is 9.48. The summed E-state index contributed by atoms with van der Waals surface area (Å²) < 4.78 is 11.3. The second kappa shape index (κ2) is 6.37. The summed E-state index contributed by atoms with van der Waals surface area (Å²) in [4.78, 5) is 13.0. The molecular weight excluding hydrogens is 310 g/mol. The number of carbonyl (C=O) groups excluding carboxylic acids is 1. The molecule has 21 heavy (non-hydrogen) atoms. The van der Waals surface area contributed by atoms with Crippen molar-refractivity contribution < 1.29 is 14.3 Å². The minimum absolute atomic E-state index is 0.0252. The molecule has 1 aromatic heterocycles. The van der Waals surface area contributed by atoms with Crippen molar-refractivity contribution in [1.82, 2.24) is 5.32 Å². The van der Waals surface area contributed by atoms with E-state index in [1.54, 1.807) is 0 Å². The summed E-state index contributed by atoms with van der Waals surface area (Å²) in [7, 11) is 0. The monoisotopic (exact) mass is 323 g/mol. The van der Waals surface area contributed by atoms with Crippen LogP contribution >= 0.6 is 22.9 Å². The van der Waals surface area contributed by atoms with Crippen LogP contribution in [-0.2, 0) is 17.8 Å². The Balaban J connectivity index is 1.47. The lowest BCUT2D eigenvalue weighted by atomic mass is 10.2. The van der Waals surface area contributed by atoms with Crippen molar-refractivity contribution in [2.24, 2.45) is 0 Å². The second-order valence-electron chi connectivity index (χ2n) is 4.67. The highest BCUT2D eigenvalue weighted by atomic mass is 35.5. The first kappa shape index (κ1) is 14.2. The van der Waals surface area contributed by atoms with Crippen LogP contribution in [0.2, 0.25) is 4.34 Å². The Kier molecular flexibility index (Phi) is 4.31. The van der Waals surface area contributed by atoms with Crippen LogP contribution in [0.4, 0.5) is 0 Å². The minimum atomic E-state index is 0.0252. The third kappa shape index (κ3) is 3.68. The molecule has 1 aromatic carbocycles. The van der Waals surface area contributed by atoms with Crippen molar-refractivity contribution >= 4 is 28.8 Å². The van der Waals surface area contributed by atoms with E-state index in [0.29, 0.717) is 19.4 Å². The molecule has 0 fully saturated rings. The van der Waals surface area contributed by atoms with Crippen LogP contribution in [0.1, 0.15) is 16.9 Å². The first-order chi connectivity index (χ1) is 10.2. The van der Waals surface area contributed by atoms with Gasteiger partial charge in [-0.1, -0.05) is 17.7 Å². The van der Waals surface area contributed by atoms with Crippen molar-refractivity contribution in [1.29, 1.82) is 0 Å². The van der Waals surface area contributed by atoms with Gasteiger partial charge in [0, 0.05) is 17.8 Å². The summed E-state index contributed by atoms with van der Waals surface area (Å²) in [6.07, 6.45) is 1.17. The highest BCUT2D eigenvalue weighted by molar-refractivity contribution is 7.16. The van der Waals surface area contributed by atoms with Crippen LogP contribution in [0.15, 0.2) is 30.3 Å². The predicted octanol–water partition coefficient (Wildman–Crippen LogP) is 3.38. The third-order valence-corrected chi connectivity index (χ3v) is 4.44. The molecule has 2 aromatic rings. The van der Waals surface area contributed by atoms with Gasteiger partial charge in [-0.2, -0.15) is 0 Å². The summed E-state index contributed by atoms with van der Waals surface area (Å²) in [5, 5.41) is 2.90. The molecule has 0 atom stereocenters. The molecule has 0 radical (unpaired) electrons. The quantitative estimate of drug-likeness (QED) is 0.917. The van der Waals surface area contributed by atoms with Gasteiger partial charge in [0.15, 0.2) is 11.5 Å². The van der Waals surface area contributed by atoms with E-state index in [9.17, 15) is 4.79 Å². The Bertz CT molecular complexity index is 656. The Hall–Kier alpha value is -1.72. The summed E-state index contributed by atoms with van der Waals surface area (Å²) >= 11 is 7.37. The van der Waals surface area contributed by atoms with Gasteiger partial charge < -0.3 is 14.8 Å². The van der Waals surface area contributed by atoms with Gasteiger partial charge in [0.25, 0.3) is 0 Å². The maximum absolute atomic E-state index is 11.8. The first-order valence-electron chi connectivity index (χ1n) is 6.60. The van der Waals surface area contributed by atoms with Gasteiger partial charge in [-0.05, 0) is 36.2 Å². The molecule has 0 saturated heterocycles. The number of hydrogen-bond acceptors (Lipinski definition) is 4. The van der Waals surface area contributed by atoms with Gasteiger partial charge in [-0.15, -0.1) is 11.3 Å². The van der Waals surface area contributed by atoms with Crippen LogP contribution in [-0.4, -0.2) is 12.7 Å². The molecule has 0 saturated carbocycles. The lowest BCUT2D eigenvalue weighted by molar-refractivity contribution is -0.121. The number of ether oxygens (including phenoxy) is 2. The topological polar surface area (TPSA) is 47.6 Å². The normalized spacial score (nSPS) is 12.4. The molecule has 2 heterocycles. The van der Waals surface area contributed by atoms with E-state index in [1.807, 2.05) is 30.3 Å². The molecule has 1 aliphatic rings. The molecule has 3 rings (SSSR count). The van der Waals surface area contributed by atoms with Gasteiger partial charge in [-0.25, -0.2) is 0 Å². The lowest BCUT2D eigenvalue weighted by Gasteiger charge is -2.06. The fourth-order valence-electron chi connectivity index (χ4n) is 2.06. The minimum Gasteiger partial charge on any atom is -0.454 e. The van der Waals surface area contributed by atoms with Crippen LogP contribution in [0.3, 0.4) is 0 Å². The smallest absolute Gasteiger partial charge is 0.231 e. The molecule has 110 valence electrons. The molecule has 1 aliphatic heterocycles. The average molecular weight is 324 g/mol. The van der Waals surface area contributed by atoms with Crippen molar-refractivity contribution in [2.45, 2.75) is 19.4 Å². The summed E-state index contributed by atoms with van der Waals surface area (Å²) in [5.41, 5.74) is 0.992. The Morgan fingerprint density at radius 3 is 2.90 bits per heavy atom. The van der Waals surface area contributed by atoms with Gasteiger partial charge in [0.2, 0.25) is 12.7 Å². The van der Waals surface area contributed by atoms with E-state index in [2.05, 4.69) is 5.32 Å². The van der Waals surface area contributed by atoms with Crippen molar-refractivity contribution in [3.63, 3.8) is 0 Å². The Morgan fingerprint density at radius 2 is 2.10 bits per heavy atom. The maximum atomic E-state index is 11.8. The highest BCUT2D eigenvalue weighted by Crippen LogP contribution is 2.32. The third-order valence-electron chi connectivity index (χ3n) is 3.15. The van der Waals surface area contributed by atoms with Crippen molar-refractivity contribution in [2.75, 3.05) is 6.79 Å². The van der Waals surface area contributed by atoms with Crippen LogP contribution in [0.5, 0.6) is 11.5 Å². The van der Waals surface area contributed by atoms with Crippen LogP contribution < -0.4 is 14.8 Å². The molecule has 1 amide bonds. The largest absolute Gasteiger partial charge is 0.454 e. The Labute approximate surface area is 131 Å². The van der Waals surface area contributed by atoms with Gasteiger partial charge in [0.1, 0.15) is 0 Å². The lowest BCUT2D eigenvalue weighted by Crippen LogP contribution is -2.22. The van der Waals surface area contributed by atoms with Gasteiger partial charge in [-0.3, -0.25) is 4.79 Å². The highest BCUT2D eigenvalue weighted by Gasteiger charge is 2.13. The van der Waals surface area contributed by atoms with E-state index >= 15 is 0 Å². The van der Waals surface area contributed by atoms with Gasteiger partial charge >= 0.3 is 0 Å². The van der Waals surface area contributed by atoms with Crippen LogP contribution in [0, 0.1) is 0 Å². The number of aryl methyl sites for hydroxylation is 1. The zero-order chi connectivity index (χ0) is 14.7. The zero-order valence-corrected chi connectivity index (χ0v) is 12.8. The molecular formula is C15H14ClNO3S. The molecule has 0 bridgehead atoms. The van der Waals surface area contributed by atoms with Crippen molar-refractivity contribution in [3.8, 4) is 11.5 Å². The van der Waals surface area contributed by atoms with E-state index in [4.69, 9.17) is 21.1 Å². The Morgan fingerprint density at radius 1 is 1.24 bits per heavy atom. The SMILES string of the molecule is O=C(CCc1ccc(Cl)s1)NCc1ccc2c(c1)OCO2. The number of thiophene rings is 1. The van der Waals surface area contributed by atoms with E-state index in [-0.39, 0.29) is 12.7 Å². The molecule has 0 unspecified atom stereocenters. The van der Waals surface area contributed by atoms with E-state index in [1.165, 1.54) is 11.3 Å². The zero-order valence-electron chi connectivity index (χ0n) is 11.2. The first-order valence-corrected chi connectivity index (χ1v) is 7.79. The molecule has 6 heteroatoms. The molecule has 4 nitrogen and oxygen atoms in total. The average Bonchev–Trinajstić information content (AvgIpc) is 3.10. The molecule has 1 N–H and O–H groups in total. The number of nitrogens with one attached hydrogen (secondary N) is 1. The predicted molar refractivity (Wildman–Crippen MR) is 82.1 cm³/mol. The second-order valence-corrected chi connectivity index (χ2v) is 6.47. The van der Waals surface area contributed by atoms with Crippen LogP contribution in [0.25, 0.3) is 0 Å². The number of amides is 1. The number of hydrogen-bond donors (Lipinski definition) is 1. The van der Waals surface area contributed by atoms with Gasteiger partial charge in [0.05, 0.1) is 4.34 Å². The molecule has 0 spiro atoms. The maximum Gasteiger partial charge on any atom is 0.231 e. The summed E-state index contributed by atoms with van der Waals surface area (Å²) in [5.74, 6) is 1.51. The van der Waals surface area contributed by atoms with E-state index < -0.39 is 0 Å². The number of carbonyl (C=O) groups is 1. The standard InChI is InChI=1S/C15H14ClNO3S/c16-14-5-2-11(21-14)3-6-15(18)17-8-10-1-4-12-13(7-10)20-9-19-12/h1-2,4-5,7H,3,6,8-9H2,(H,17,18). The van der Waals surface area contributed by atoms with Crippen molar-refractivity contribution in [3.05, 3.63) is 45.1 Å². The summed E-state index contributed by atoms with van der Waals surface area (Å²) in [6.45, 7) is 0.745. The fraction of sp³-hybridized carbons (Fsp3) is 0.267.